The Morgan fingerprint density at radius 2 is 2.40 bits per heavy atom. The molecule has 0 saturated carbocycles. The van der Waals surface area contributed by atoms with Crippen molar-refractivity contribution in [3.63, 3.8) is 0 Å². The third kappa shape index (κ3) is 3.78. The van der Waals surface area contributed by atoms with Gasteiger partial charge in [0.25, 0.3) is 0 Å². The number of hydrogen-bond acceptors (Lipinski definition) is 4. The van der Waals surface area contributed by atoms with Gasteiger partial charge in [0, 0.05) is 37.7 Å². The van der Waals surface area contributed by atoms with Crippen molar-refractivity contribution in [2.45, 2.75) is 19.4 Å². The van der Waals surface area contributed by atoms with E-state index in [0.717, 1.165) is 24.5 Å². The van der Waals surface area contributed by atoms with E-state index >= 15 is 0 Å². The Hall–Kier alpha value is -0.0600. The smallest absolute Gasteiger partial charge is 0.153 e. The van der Waals surface area contributed by atoms with Crippen LogP contribution in [0.1, 0.15) is 13.3 Å². The van der Waals surface area contributed by atoms with Gasteiger partial charge in [-0.15, -0.1) is 0 Å². The molecule has 1 aliphatic rings. The van der Waals surface area contributed by atoms with Gasteiger partial charge in [-0.05, 0) is 13.5 Å². The second-order valence-corrected chi connectivity index (χ2v) is 5.31. The summed E-state index contributed by atoms with van der Waals surface area (Å²) in [5.41, 5.74) is 0. The van der Waals surface area contributed by atoms with Crippen molar-refractivity contribution in [2.24, 2.45) is 5.92 Å². The number of carbonyl (C=O) groups excluding carboxylic acids is 1. The molecule has 1 rings (SSSR count). The molecular formula is C11H21NO2S. The van der Waals surface area contributed by atoms with Gasteiger partial charge in [-0.2, -0.15) is 11.8 Å². The topological polar surface area (TPSA) is 29.5 Å². The molecule has 0 bridgehead atoms. The first-order valence-electron chi connectivity index (χ1n) is 5.47. The van der Waals surface area contributed by atoms with Gasteiger partial charge in [0.1, 0.15) is 0 Å². The van der Waals surface area contributed by atoms with Gasteiger partial charge in [0.15, 0.2) is 5.78 Å². The van der Waals surface area contributed by atoms with Crippen molar-refractivity contribution in [3.8, 4) is 0 Å². The fourth-order valence-electron chi connectivity index (χ4n) is 1.75. The minimum Gasteiger partial charge on any atom is -0.385 e. The second kappa shape index (κ2) is 6.51. The van der Waals surface area contributed by atoms with Crippen molar-refractivity contribution in [2.75, 3.05) is 38.8 Å². The van der Waals surface area contributed by atoms with E-state index in [2.05, 4.69) is 4.90 Å². The maximum Gasteiger partial charge on any atom is 0.153 e. The van der Waals surface area contributed by atoms with Gasteiger partial charge in [-0.3, -0.25) is 9.69 Å². The van der Waals surface area contributed by atoms with E-state index < -0.39 is 0 Å². The molecule has 1 heterocycles. The van der Waals surface area contributed by atoms with Crippen molar-refractivity contribution in [3.05, 3.63) is 0 Å². The Bertz CT molecular complexity index is 211. The summed E-state index contributed by atoms with van der Waals surface area (Å²) in [6.45, 7) is 3.71. The van der Waals surface area contributed by atoms with Gasteiger partial charge in [0.05, 0.1) is 6.04 Å². The van der Waals surface area contributed by atoms with Crippen LogP contribution in [0.15, 0.2) is 0 Å². The van der Waals surface area contributed by atoms with Crippen LogP contribution in [0.2, 0.25) is 0 Å². The molecule has 1 fully saturated rings. The molecule has 3 nitrogen and oxygen atoms in total. The van der Waals surface area contributed by atoms with Crippen LogP contribution in [0, 0.1) is 5.92 Å². The Morgan fingerprint density at radius 3 is 3.00 bits per heavy atom. The summed E-state index contributed by atoms with van der Waals surface area (Å²) in [5.74, 6) is 2.59. The summed E-state index contributed by atoms with van der Waals surface area (Å²) >= 11 is 1.88. The Kier molecular flexibility index (Phi) is 5.64. The molecule has 15 heavy (non-hydrogen) atoms. The number of likely N-dealkylation sites (N-methyl/N-ethyl adjacent to an activating group) is 1. The monoisotopic (exact) mass is 231 g/mol. The van der Waals surface area contributed by atoms with Crippen LogP contribution in [0.25, 0.3) is 0 Å². The average molecular weight is 231 g/mol. The molecule has 0 aromatic heterocycles. The third-order valence-corrected chi connectivity index (χ3v) is 3.99. The normalized spacial score (nSPS) is 25.1. The maximum absolute atomic E-state index is 12.1. The molecule has 2 unspecified atom stereocenters. The van der Waals surface area contributed by atoms with Crippen LogP contribution in [0.4, 0.5) is 0 Å². The minimum atomic E-state index is 0.121. The summed E-state index contributed by atoms with van der Waals surface area (Å²) in [5, 5.41) is 0. The van der Waals surface area contributed by atoms with Crippen molar-refractivity contribution >= 4 is 17.5 Å². The quantitative estimate of drug-likeness (QED) is 0.713. The van der Waals surface area contributed by atoms with Crippen LogP contribution in [0.5, 0.6) is 0 Å². The highest BCUT2D eigenvalue weighted by molar-refractivity contribution is 7.99. The molecule has 0 amide bonds. The highest BCUT2D eigenvalue weighted by atomic mass is 32.2. The molecule has 0 radical (unpaired) electrons. The predicted octanol–water partition coefficient (Wildman–Crippen LogP) is 1.28. The second-order valence-electron chi connectivity index (χ2n) is 4.16. The summed E-state index contributed by atoms with van der Waals surface area (Å²) in [6, 6.07) is 0.121. The van der Waals surface area contributed by atoms with Crippen molar-refractivity contribution < 1.29 is 9.53 Å². The van der Waals surface area contributed by atoms with Crippen LogP contribution in [0.3, 0.4) is 0 Å². The Labute approximate surface area is 96.5 Å². The van der Waals surface area contributed by atoms with Gasteiger partial charge in [-0.1, -0.05) is 6.92 Å². The maximum atomic E-state index is 12.1. The minimum absolute atomic E-state index is 0.121. The molecule has 0 aromatic carbocycles. The average Bonchev–Trinajstić information content (AvgIpc) is 2.25. The largest absolute Gasteiger partial charge is 0.385 e. The molecule has 0 aromatic rings. The molecular weight excluding hydrogens is 210 g/mol. The highest BCUT2D eigenvalue weighted by Gasteiger charge is 2.29. The number of rotatable bonds is 5. The van der Waals surface area contributed by atoms with E-state index in [9.17, 15) is 4.79 Å². The van der Waals surface area contributed by atoms with E-state index in [-0.39, 0.29) is 12.0 Å². The summed E-state index contributed by atoms with van der Waals surface area (Å²) in [6.07, 6.45) is 0.838. The zero-order valence-electron chi connectivity index (χ0n) is 9.86. The van der Waals surface area contributed by atoms with E-state index in [1.165, 1.54) is 0 Å². The Morgan fingerprint density at radius 1 is 1.67 bits per heavy atom. The molecule has 0 N–H and O–H groups in total. The van der Waals surface area contributed by atoms with E-state index in [4.69, 9.17) is 4.74 Å². The van der Waals surface area contributed by atoms with Crippen LogP contribution >= 0.6 is 11.8 Å². The first kappa shape index (κ1) is 13.0. The third-order valence-electron chi connectivity index (χ3n) is 2.97. The van der Waals surface area contributed by atoms with Crippen molar-refractivity contribution in [1.29, 1.82) is 0 Å². The summed E-state index contributed by atoms with van der Waals surface area (Å²) in [4.78, 5) is 14.3. The van der Waals surface area contributed by atoms with E-state index in [1.54, 1.807) is 7.11 Å². The standard InChI is InChI=1S/C11H21NO2S/c1-9(4-6-14-3)11(13)10-8-15-7-5-12(10)2/h9-10H,4-8H2,1-3H3. The lowest BCUT2D eigenvalue weighted by molar-refractivity contribution is -0.127. The number of Topliss-reactive ketones (excluding diaryl/α,β-unsaturated/α-hetero) is 1. The number of hydrogen-bond donors (Lipinski definition) is 0. The van der Waals surface area contributed by atoms with Crippen LogP contribution < -0.4 is 0 Å². The zero-order chi connectivity index (χ0) is 11.3. The number of ether oxygens (including phenoxy) is 1. The lowest BCUT2D eigenvalue weighted by Crippen LogP contribution is -2.46. The number of nitrogens with zero attached hydrogens (tertiary/aromatic N) is 1. The molecule has 88 valence electrons. The van der Waals surface area contributed by atoms with Gasteiger partial charge in [0.2, 0.25) is 0 Å². The molecule has 0 spiro atoms. The van der Waals surface area contributed by atoms with E-state index in [0.29, 0.717) is 12.4 Å². The van der Waals surface area contributed by atoms with Gasteiger partial charge < -0.3 is 4.74 Å². The first-order valence-corrected chi connectivity index (χ1v) is 6.63. The van der Waals surface area contributed by atoms with E-state index in [1.807, 2.05) is 25.7 Å². The van der Waals surface area contributed by atoms with Gasteiger partial charge in [-0.25, -0.2) is 0 Å². The van der Waals surface area contributed by atoms with Crippen molar-refractivity contribution in [1.82, 2.24) is 4.90 Å². The number of methoxy groups -OCH3 is 1. The number of thioether (sulfide) groups is 1. The molecule has 1 aliphatic heterocycles. The van der Waals surface area contributed by atoms with Crippen LogP contribution in [-0.4, -0.2) is 55.5 Å². The van der Waals surface area contributed by atoms with Gasteiger partial charge >= 0.3 is 0 Å². The number of carbonyl (C=O) groups is 1. The predicted molar refractivity (Wildman–Crippen MR) is 64.4 cm³/mol. The molecule has 4 heteroatoms. The molecule has 1 saturated heterocycles. The zero-order valence-corrected chi connectivity index (χ0v) is 10.7. The number of ketones is 1. The summed E-state index contributed by atoms with van der Waals surface area (Å²) in [7, 11) is 3.73. The molecule has 0 aliphatic carbocycles. The summed E-state index contributed by atoms with van der Waals surface area (Å²) < 4.78 is 5.01. The molecule has 2 atom stereocenters. The lowest BCUT2D eigenvalue weighted by Gasteiger charge is -2.32. The lowest BCUT2D eigenvalue weighted by atomic mass is 9.97. The fourth-order valence-corrected chi connectivity index (χ4v) is 2.98. The fraction of sp³-hybridized carbons (Fsp3) is 0.909. The SMILES string of the molecule is COCCC(C)C(=O)C1CSCCN1C. The first-order chi connectivity index (χ1) is 7.16. The van der Waals surface area contributed by atoms with Crippen LogP contribution in [-0.2, 0) is 9.53 Å². The Balaban J connectivity index is 2.43. The highest BCUT2D eigenvalue weighted by Crippen LogP contribution is 2.19.